The zero-order chi connectivity index (χ0) is 18.0. The van der Waals surface area contributed by atoms with E-state index in [-0.39, 0.29) is 5.75 Å². The van der Waals surface area contributed by atoms with Crippen LogP contribution in [0.4, 0.5) is 8.78 Å². The van der Waals surface area contributed by atoms with E-state index in [9.17, 15) is 8.78 Å². The zero-order valence-electron chi connectivity index (χ0n) is 15.1. The summed E-state index contributed by atoms with van der Waals surface area (Å²) < 4.78 is 33.7. The van der Waals surface area contributed by atoms with Crippen molar-refractivity contribution in [3.05, 3.63) is 69.8 Å². The summed E-state index contributed by atoms with van der Waals surface area (Å²) in [6.07, 6.45) is 3.49. The van der Waals surface area contributed by atoms with Crippen molar-refractivity contribution in [2.45, 2.75) is 46.5 Å². The van der Waals surface area contributed by atoms with Crippen molar-refractivity contribution >= 4 is 5.57 Å². The van der Waals surface area contributed by atoms with Crippen molar-refractivity contribution in [1.82, 2.24) is 0 Å². The molecule has 0 saturated heterocycles. The first kappa shape index (κ1) is 17.7. The second kappa shape index (κ2) is 7.38. The summed E-state index contributed by atoms with van der Waals surface area (Å²) in [5.74, 6) is -1.69. The van der Waals surface area contributed by atoms with E-state index >= 15 is 0 Å². The molecule has 0 N–H and O–H groups in total. The minimum Gasteiger partial charge on any atom is -0.486 e. The molecule has 1 aliphatic rings. The molecule has 0 amide bonds. The summed E-state index contributed by atoms with van der Waals surface area (Å²) in [6.45, 7) is 6.31. The molecule has 1 nitrogen and oxygen atoms in total. The van der Waals surface area contributed by atoms with Crippen molar-refractivity contribution in [2.75, 3.05) is 6.61 Å². The van der Waals surface area contributed by atoms with E-state index in [2.05, 4.69) is 32.0 Å². The maximum atomic E-state index is 14.1. The minimum atomic E-state index is -0.883. The molecule has 0 saturated carbocycles. The van der Waals surface area contributed by atoms with Crippen molar-refractivity contribution in [3.63, 3.8) is 0 Å². The first-order valence-corrected chi connectivity index (χ1v) is 8.89. The van der Waals surface area contributed by atoms with Gasteiger partial charge in [0, 0.05) is 0 Å². The Kier molecular flexibility index (Phi) is 5.22. The van der Waals surface area contributed by atoms with Gasteiger partial charge < -0.3 is 4.74 Å². The molecule has 0 aromatic heterocycles. The number of hydrogen-bond donors (Lipinski definition) is 0. The number of aryl methyl sites for hydroxylation is 3. The topological polar surface area (TPSA) is 9.23 Å². The van der Waals surface area contributed by atoms with Crippen LogP contribution in [0.2, 0.25) is 0 Å². The Labute approximate surface area is 148 Å². The van der Waals surface area contributed by atoms with Crippen LogP contribution in [0.5, 0.6) is 5.75 Å². The van der Waals surface area contributed by atoms with Gasteiger partial charge in [-0.2, -0.15) is 4.39 Å². The van der Waals surface area contributed by atoms with Crippen LogP contribution in [-0.2, 0) is 6.42 Å². The molecule has 0 aliphatic heterocycles. The Hall–Kier alpha value is -2.16. The van der Waals surface area contributed by atoms with Crippen molar-refractivity contribution in [1.29, 1.82) is 0 Å². The van der Waals surface area contributed by atoms with Gasteiger partial charge in [0.05, 0.1) is 0 Å². The van der Waals surface area contributed by atoms with Gasteiger partial charge in [-0.25, -0.2) is 4.39 Å². The van der Waals surface area contributed by atoms with Crippen molar-refractivity contribution < 1.29 is 13.5 Å². The van der Waals surface area contributed by atoms with Crippen molar-refractivity contribution in [2.24, 2.45) is 0 Å². The Morgan fingerprint density at radius 2 is 1.80 bits per heavy atom. The maximum absolute atomic E-state index is 14.1. The number of benzene rings is 2. The molecule has 2 aromatic rings. The van der Waals surface area contributed by atoms with Crippen LogP contribution in [0.25, 0.3) is 5.57 Å². The summed E-state index contributed by atoms with van der Waals surface area (Å²) >= 11 is 0. The van der Waals surface area contributed by atoms with E-state index in [0.717, 1.165) is 19.3 Å². The third-order valence-corrected chi connectivity index (χ3v) is 4.95. The standard InChI is InChI=1S/C22H24F2O/c1-4-16-9-11-20(22(24)21(16)23)25-13-17-6-5-7-19(17)18-10-8-14(2)12-15(18)3/h8-12H,4-7,13H2,1-3H3. The Balaban J connectivity index is 1.83. The monoisotopic (exact) mass is 342 g/mol. The number of ether oxygens (including phenoxy) is 1. The van der Waals surface area contributed by atoms with Gasteiger partial charge in [-0.3, -0.25) is 0 Å². The molecule has 0 fully saturated rings. The highest BCUT2D eigenvalue weighted by molar-refractivity contribution is 5.73. The third-order valence-electron chi connectivity index (χ3n) is 4.95. The molecule has 0 bridgehead atoms. The summed E-state index contributed by atoms with van der Waals surface area (Å²) in [6, 6.07) is 9.58. The molecule has 3 heteroatoms. The van der Waals surface area contributed by atoms with E-state index in [0.29, 0.717) is 18.6 Å². The Bertz CT molecular complexity index is 821. The summed E-state index contributed by atoms with van der Waals surface area (Å²) in [7, 11) is 0. The molecule has 3 rings (SSSR count). The van der Waals surface area contributed by atoms with Crippen molar-refractivity contribution in [3.8, 4) is 5.75 Å². The lowest BCUT2D eigenvalue weighted by molar-refractivity contribution is 0.321. The van der Waals surface area contributed by atoms with Gasteiger partial charge in [-0.1, -0.05) is 36.8 Å². The Morgan fingerprint density at radius 3 is 2.52 bits per heavy atom. The first-order chi connectivity index (χ1) is 12.0. The summed E-state index contributed by atoms with van der Waals surface area (Å²) in [4.78, 5) is 0. The average molecular weight is 342 g/mol. The minimum absolute atomic E-state index is 0.00548. The van der Waals surface area contributed by atoms with E-state index in [1.54, 1.807) is 13.0 Å². The fourth-order valence-corrected chi connectivity index (χ4v) is 3.56. The molecule has 0 unspecified atom stereocenters. The first-order valence-electron chi connectivity index (χ1n) is 8.89. The highest BCUT2D eigenvalue weighted by Crippen LogP contribution is 2.36. The van der Waals surface area contributed by atoms with Crippen LogP contribution in [0.3, 0.4) is 0 Å². The quantitative estimate of drug-likeness (QED) is 0.632. The normalized spacial score (nSPS) is 14.3. The van der Waals surface area contributed by atoms with Crippen LogP contribution in [-0.4, -0.2) is 6.61 Å². The largest absolute Gasteiger partial charge is 0.486 e. The van der Waals surface area contributed by atoms with Crippen LogP contribution in [0, 0.1) is 25.5 Å². The molecule has 0 heterocycles. The number of rotatable bonds is 5. The molecular weight excluding hydrogens is 318 g/mol. The van der Waals surface area contributed by atoms with Crippen LogP contribution < -0.4 is 4.74 Å². The smallest absolute Gasteiger partial charge is 0.200 e. The fourth-order valence-electron chi connectivity index (χ4n) is 3.56. The molecular formula is C22H24F2O. The van der Waals surface area contributed by atoms with E-state index in [1.807, 2.05) is 0 Å². The van der Waals surface area contributed by atoms with Crippen LogP contribution >= 0.6 is 0 Å². The van der Waals surface area contributed by atoms with Gasteiger partial charge in [0.25, 0.3) is 0 Å². The lowest BCUT2D eigenvalue weighted by atomic mass is 9.96. The molecule has 132 valence electrons. The van der Waals surface area contributed by atoms with E-state index in [4.69, 9.17) is 4.74 Å². The molecule has 0 radical (unpaired) electrons. The third kappa shape index (κ3) is 3.60. The van der Waals surface area contributed by atoms with Gasteiger partial charge in [-0.15, -0.1) is 0 Å². The summed E-state index contributed by atoms with van der Waals surface area (Å²) in [5.41, 5.74) is 6.59. The second-order valence-corrected chi connectivity index (χ2v) is 6.75. The molecule has 2 aromatic carbocycles. The lowest BCUT2D eigenvalue weighted by Crippen LogP contribution is -2.05. The molecule has 25 heavy (non-hydrogen) atoms. The highest BCUT2D eigenvalue weighted by atomic mass is 19.2. The second-order valence-electron chi connectivity index (χ2n) is 6.75. The SMILES string of the molecule is CCc1ccc(OCC2=C(c3ccc(C)cc3C)CCC2)c(F)c1F. The van der Waals surface area contributed by atoms with Gasteiger partial charge in [-0.05, 0) is 73.4 Å². The summed E-state index contributed by atoms with van der Waals surface area (Å²) in [5, 5.41) is 0. The van der Waals surface area contributed by atoms with Gasteiger partial charge in [0.2, 0.25) is 5.82 Å². The number of hydrogen-bond acceptors (Lipinski definition) is 1. The van der Waals surface area contributed by atoms with Gasteiger partial charge in [0.1, 0.15) is 6.61 Å². The zero-order valence-corrected chi connectivity index (χ0v) is 15.1. The van der Waals surface area contributed by atoms with E-state index < -0.39 is 11.6 Å². The predicted octanol–water partition coefficient (Wildman–Crippen LogP) is 6.16. The van der Waals surface area contributed by atoms with Gasteiger partial charge >= 0.3 is 0 Å². The van der Waals surface area contributed by atoms with Crippen LogP contribution in [0.1, 0.15) is 48.4 Å². The average Bonchev–Trinajstić information content (AvgIpc) is 3.04. The lowest BCUT2D eigenvalue weighted by Gasteiger charge is -2.14. The highest BCUT2D eigenvalue weighted by Gasteiger charge is 2.19. The molecule has 0 atom stereocenters. The molecule has 0 spiro atoms. The number of allylic oxidation sites excluding steroid dienone is 1. The Morgan fingerprint density at radius 1 is 1.00 bits per heavy atom. The predicted molar refractivity (Wildman–Crippen MR) is 97.9 cm³/mol. The van der Waals surface area contributed by atoms with E-state index in [1.165, 1.54) is 33.9 Å². The number of halogens is 2. The fraction of sp³-hybridized carbons (Fsp3) is 0.364. The van der Waals surface area contributed by atoms with Gasteiger partial charge in [0.15, 0.2) is 11.6 Å². The molecule has 1 aliphatic carbocycles. The maximum Gasteiger partial charge on any atom is 0.200 e. The van der Waals surface area contributed by atoms with Crippen LogP contribution in [0.15, 0.2) is 35.9 Å².